The first kappa shape index (κ1) is 20.0. The Labute approximate surface area is 156 Å². The Kier molecular flexibility index (Phi) is 8.12. The van der Waals surface area contributed by atoms with Gasteiger partial charge in [-0.05, 0) is 25.0 Å². The number of rotatable bonds is 4. The molecule has 2 aliphatic heterocycles. The smallest absolute Gasteiger partial charge is 0.431 e. The van der Waals surface area contributed by atoms with Gasteiger partial charge in [-0.3, -0.25) is 9.48 Å². The van der Waals surface area contributed by atoms with Crippen LogP contribution < -0.4 is 29.6 Å². The predicted octanol–water partition coefficient (Wildman–Crippen LogP) is -3.24. The number of carbonyl (C=O) groups is 1. The second-order valence-electron chi connectivity index (χ2n) is 5.02. The van der Waals surface area contributed by atoms with Gasteiger partial charge in [0, 0.05) is 13.7 Å². The van der Waals surface area contributed by atoms with Crippen LogP contribution in [-0.4, -0.2) is 64.3 Å². The van der Waals surface area contributed by atoms with Crippen LogP contribution in [0.15, 0.2) is 6.20 Å². The zero-order valence-corrected chi connectivity index (χ0v) is 15.8. The van der Waals surface area contributed by atoms with Crippen LogP contribution >= 0.6 is 0 Å². The van der Waals surface area contributed by atoms with Crippen LogP contribution in [0.5, 0.6) is 0 Å². The van der Waals surface area contributed by atoms with E-state index >= 15 is 0 Å². The number of fused-ring (bicyclic) bond motifs is 2. The summed E-state index contributed by atoms with van der Waals surface area (Å²) < 4.78 is 32.1. The number of hydrogen-bond donors (Lipinski definition) is 0. The molecule has 3 rings (SSSR count). The summed E-state index contributed by atoms with van der Waals surface area (Å²) in [6.45, 7) is 1.92. The molecule has 12 heteroatoms. The Morgan fingerprint density at radius 1 is 1.39 bits per heavy atom. The fraction of sp³-hybridized carbons (Fsp3) is 0.727. The molecule has 2 fully saturated rings. The molecule has 2 atom stereocenters. The molecule has 2 saturated heterocycles. The molecule has 0 N–H and O–H groups in total. The number of nitrogens with zero attached hydrogens (tertiary/aromatic N) is 5. The average Bonchev–Trinajstić information content (AvgIpc) is 2.99. The molecule has 2 aliphatic rings. The molecule has 10 nitrogen and oxygen atoms in total. The number of aromatic nitrogens is 3. The Morgan fingerprint density at radius 3 is 2.74 bits per heavy atom. The molecule has 2 amide bonds. The average molecular weight is 353 g/mol. The second kappa shape index (κ2) is 9.33. The van der Waals surface area contributed by atoms with Crippen molar-refractivity contribution >= 4 is 16.6 Å². The fourth-order valence-corrected chi connectivity index (χ4v) is 2.63. The molecule has 0 unspecified atom stereocenters. The van der Waals surface area contributed by atoms with Crippen molar-refractivity contribution in [3.8, 4) is 0 Å². The zero-order chi connectivity index (χ0) is 16.1. The van der Waals surface area contributed by atoms with E-state index in [0.717, 1.165) is 25.1 Å². The monoisotopic (exact) mass is 353 g/mol. The summed E-state index contributed by atoms with van der Waals surface area (Å²) in [7, 11) is -1.48. The Morgan fingerprint density at radius 2 is 2.09 bits per heavy atom. The molecule has 0 spiro atoms. The molecular formula is C11H16N5NaO5S. The van der Waals surface area contributed by atoms with Gasteiger partial charge < -0.3 is 15.0 Å². The summed E-state index contributed by atoms with van der Waals surface area (Å²) in [4.78, 5) is 13.5. The van der Waals surface area contributed by atoms with Gasteiger partial charge in [0.25, 0.3) is 0 Å². The Bertz CT molecular complexity index is 629. The maximum atomic E-state index is 11.7. The minimum atomic E-state index is -3.11. The summed E-state index contributed by atoms with van der Waals surface area (Å²) >= 11 is 0. The van der Waals surface area contributed by atoms with Gasteiger partial charge in [-0.15, -0.1) is 17.7 Å². The van der Waals surface area contributed by atoms with Crippen molar-refractivity contribution in [3.63, 3.8) is 0 Å². The van der Waals surface area contributed by atoms with E-state index in [2.05, 4.69) is 15.6 Å². The largest absolute Gasteiger partial charge is 1.00 e. The molecule has 122 valence electrons. The Hall–Kier alpha value is -1.01. The van der Waals surface area contributed by atoms with E-state index in [0.29, 0.717) is 13.2 Å². The summed E-state index contributed by atoms with van der Waals surface area (Å²) in [6.07, 6.45) is 3.85. The molecule has 23 heavy (non-hydrogen) atoms. The molecule has 0 aromatic carbocycles. The SMILES string of the molecule is COCc1cn(C[C@@H]2CC[C@@H]3CN2C(=O)[N-]3)nn1.O=S(=O)=O.[Na+]. The molecule has 1 aromatic rings. The van der Waals surface area contributed by atoms with E-state index in [1.165, 1.54) is 0 Å². The van der Waals surface area contributed by atoms with Crippen LogP contribution in [0.2, 0.25) is 0 Å². The molecule has 0 radical (unpaired) electrons. The number of carbonyl (C=O) groups excluding carboxylic acids is 1. The third-order valence-corrected chi connectivity index (χ3v) is 3.50. The normalized spacial score (nSPS) is 21.8. The summed E-state index contributed by atoms with van der Waals surface area (Å²) in [5, 5.41) is 12.2. The second-order valence-corrected chi connectivity index (χ2v) is 5.43. The van der Waals surface area contributed by atoms with Crippen molar-refractivity contribution in [1.82, 2.24) is 19.9 Å². The molecule has 1 aromatic heterocycles. The van der Waals surface area contributed by atoms with Gasteiger partial charge >= 0.3 is 40.2 Å². The minimum Gasteiger partial charge on any atom is -0.431 e. The Balaban J connectivity index is 0.000000478. The van der Waals surface area contributed by atoms with E-state index in [1.807, 2.05) is 11.1 Å². The van der Waals surface area contributed by atoms with Gasteiger partial charge in [0.1, 0.15) is 5.69 Å². The maximum Gasteiger partial charge on any atom is 1.00 e. The minimum absolute atomic E-state index is 0. The number of urea groups is 1. The van der Waals surface area contributed by atoms with E-state index < -0.39 is 10.6 Å². The van der Waals surface area contributed by atoms with Gasteiger partial charge in [0.15, 0.2) is 6.03 Å². The first-order valence-corrected chi connectivity index (χ1v) is 7.65. The van der Waals surface area contributed by atoms with Crippen molar-refractivity contribution in [1.29, 1.82) is 0 Å². The topological polar surface area (TPSA) is 126 Å². The van der Waals surface area contributed by atoms with Crippen LogP contribution in [0.3, 0.4) is 0 Å². The molecule has 2 bridgehead atoms. The van der Waals surface area contributed by atoms with Crippen LogP contribution in [0.4, 0.5) is 4.79 Å². The van der Waals surface area contributed by atoms with Crippen molar-refractivity contribution in [3.05, 3.63) is 17.2 Å². The summed E-state index contributed by atoms with van der Waals surface area (Å²) in [5.74, 6) is 0. The van der Waals surface area contributed by atoms with Crippen LogP contribution in [0.25, 0.3) is 5.32 Å². The van der Waals surface area contributed by atoms with E-state index in [1.54, 1.807) is 11.8 Å². The van der Waals surface area contributed by atoms with Gasteiger partial charge in [-0.25, -0.2) is 0 Å². The number of piperidine rings is 1. The molecule has 0 aliphatic carbocycles. The summed E-state index contributed by atoms with van der Waals surface area (Å²) in [6, 6.07) is 0.338. The molecule has 0 saturated carbocycles. The third-order valence-electron chi connectivity index (χ3n) is 3.50. The fourth-order valence-electron chi connectivity index (χ4n) is 2.63. The van der Waals surface area contributed by atoms with E-state index in [4.69, 9.17) is 17.4 Å². The van der Waals surface area contributed by atoms with Gasteiger partial charge in [-0.1, -0.05) is 11.6 Å². The number of methoxy groups -OCH3 is 1. The molecule has 3 heterocycles. The third kappa shape index (κ3) is 5.84. The van der Waals surface area contributed by atoms with Gasteiger partial charge in [0.05, 0.1) is 12.8 Å². The van der Waals surface area contributed by atoms with Gasteiger partial charge in [0.2, 0.25) is 0 Å². The first-order valence-electron chi connectivity index (χ1n) is 6.65. The van der Waals surface area contributed by atoms with Gasteiger partial charge in [-0.2, -0.15) is 0 Å². The van der Waals surface area contributed by atoms with Crippen LogP contribution in [0, 0.1) is 0 Å². The van der Waals surface area contributed by atoms with E-state index in [9.17, 15) is 4.79 Å². The number of ether oxygens (including phenoxy) is 1. The quantitative estimate of drug-likeness (QED) is 0.521. The zero-order valence-electron chi connectivity index (χ0n) is 13.0. The summed E-state index contributed by atoms with van der Waals surface area (Å²) in [5.41, 5.74) is 0.809. The standard InChI is InChI=1S/C11H17N5O2.Na.O3S/c1-18-7-9-4-15(14-13-9)6-10-3-2-8-5-16(10)11(17)12-8;;1-4(2)3/h4,8,10H,2-3,5-7H2,1H3,(H,12,17);;/q;+1;/p-1/t8-,10+;;/m1../s1. The number of hydrogen-bond acceptors (Lipinski definition) is 7. The maximum absolute atomic E-state index is 11.7. The first-order chi connectivity index (χ1) is 10.5. The van der Waals surface area contributed by atoms with E-state index in [-0.39, 0.29) is 47.7 Å². The van der Waals surface area contributed by atoms with Crippen LogP contribution in [0.1, 0.15) is 18.5 Å². The predicted molar refractivity (Wildman–Crippen MR) is 72.7 cm³/mol. The van der Waals surface area contributed by atoms with Crippen molar-refractivity contribution in [2.45, 2.75) is 38.1 Å². The molecular weight excluding hydrogens is 337 g/mol. The van der Waals surface area contributed by atoms with Crippen LogP contribution in [-0.2, 0) is 28.5 Å². The van der Waals surface area contributed by atoms with Crippen molar-refractivity contribution in [2.75, 3.05) is 13.7 Å². The van der Waals surface area contributed by atoms with Crippen molar-refractivity contribution < 1.29 is 51.7 Å². The number of amides is 2. The van der Waals surface area contributed by atoms with Crippen molar-refractivity contribution in [2.24, 2.45) is 0 Å².